The lowest BCUT2D eigenvalue weighted by Crippen LogP contribution is -2.11. The molecule has 0 radical (unpaired) electrons. The molecule has 0 aliphatic rings. The summed E-state index contributed by atoms with van der Waals surface area (Å²) in [5.74, 6) is 0. The van der Waals surface area contributed by atoms with E-state index in [0.717, 1.165) is 5.52 Å². The van der Waals surface area contributed by atoms with E-state index in [9.17, 15) is 8.42 Å². The van der Waals surface area contributed by atoms with Gasteiger partial charge in [0.15, 0.2) is 0 Å². The van der Waals surface area contributed by atoms with Gasteiger partial charge in [-0.3, -0.25) is 4.57 Å². The van der Waals surface area contributed by atoms with Crippen LogP contribution in [0.1, 0.15) is 0 Å². The standard InChI is InChI=1S/C9H7N5O2S2/c10-18(15,16)6-1-2-8-7(3-6)12-5-14(8)9-11-4-13-17-9/h1-5H,(H2,10,15,16). The van der Waals surface area contributed by atoms with Gasteiger partial charge in [-0.1, -0.05) is 0 Å². The van der Waals surface area contributed by atoms with Gasteiger partial charge in [0.05, 0.1) is 15.9 Å². The number of benzene rings is 1. The zero-order chi connectivity index (χ0) is 12.8. The number of imidazole rings is 1. The lowest BCUT2D eigenvalue weighted by Gasteiger charge is -2.00. The Morgan fingerprint density at radius 1 is 1.28 bits per heavy atom. The third kappa shape index (κ3) is 1.78. The highest BCUT2D eigenvalue weighted by atomic mass is 32.2. The third-order valence-corrected chi connectivity index (χ3v) is 3.98. The van der Waals surface area contributed by atoms with Crippen molar-refractivity contribution in [2.75, 3.05) is 0 Å². The molecule has 0 atom stereocenters. The average Bonchev–Trinajstić information content (AvgIpc) is 2.95. The van der Waals surface area contributed by atoms with Crippen molar-refractivity contribution in [3.05, 3.63) is 30.9 Å². The number of primary sulfonamides is 1. The van der Waals surface area contributed by atoms with E-state index in [4.69, 9.17) is 5.14 Å². The fraction of sp³-hybridized carbons (Fsp3) is 0. The molecule has 0 saturated heterocycles. The van der Waals surface area contributed by atoms with Gasteiger partial charge in [-0.2, -0.15) is 4.37 Å². The normalized spacial score (nSPS) is 12.1. The van der Waals surface area contributed by atoms with Crippen LogP contribution in [0.3, 0.4) is 0 Å². The van der Waals surface area contributed by atoms with Gasteiger partial charge < -0.3 is 0 Å². The summed E-state index contributed by atoms with van der Waals surface area (Å²) in [6.07, 6.45) is 3.02. The minimum atomic E-state index is -3.71. The summed E-state index contributed by atoms with van der Waals surface area (Å²) in [5.41, 5.74) is 1.29. The number of nitrogens with two attached hydrogens (primary N) is 1. The molecule has 1 aromatic carbocycles. The van der Waals surface area contributed by atoms with Crippen LogP contribution in [0.4, 0.5) is 0 Å². The summed E-state index contributed by atoms with van der Waals surface area (Å²) in [6, 6.07) is 4.52. The van der Waals surface area contributed by atoms with Crippen molar-refractivity contribution in [2.24, 2.45) is 5.14 Å². The molecule has 0 spiro atoms. The van der Waals surface area contributed by atoms with Crippen LogP contribution in [0.2, 0.25) is 0 Å². The molecule has 2 aromatic heterocycles. The summed E-state index contributed by atoms with van der Waals surface area (Å²) >= 11 is 1.22. The fourth-order valence-corrected chi connectivity index (χ4v) is 2.65. The Morgan fingerprint density at radius 3 is 2.78 bits per heavy atom. The van der Waals surface area contributed by atoms with Crippen LogP contribution in [0.15, 0.2) is 35.7 Å². The molecule has 3 rings (SSSR count). The van der Waals surface area contributed by atoms with E-state index >= 15 is 0 Å². The minimum absolute atomic E-state index is 0.0394. The number of rotatable bonds is 2. The van der Waals surface area contributed by atoms with Crippen molar-refractivity contribution < 1.29 is 8.42 Å². The molecule has 18 heavy (non-hydrogen) atoms. The van der Waals surface area contributed by atoms with Gasteiger partial charge in [0.1, 0.15) is 12.7 Å². The number of hydrogen-bond acceptors (Lipinski definition) is 6. The Morgan fingerprint density at radius 2 is 2.11 bits per heavy atom. The first-order valence-electron chi connectivity index (χ1n) is 4.83. The largest absolute Gasteiger partial charge is 0.273 e. The molecule has 92 valence electrons. The van der Waals surface area contributed by atoms with Crippen molar-refractivity contribution >= 4 is 32.6 Å². The second-order valence-electron chi connectivity index (χ2n) is 3.53. The van der Waals surface area contributed by atoms with Crippen LogP contribution in [-0.4, -0.2) is 27.3 Å². The van der Waals surface area contributed by atoms with E-state index < -0.39 is 10.0 Å². The molecule has 0 bridgehead atoms. The molecule has 0 aliphatic heterocycles. The molecule has 0 unspecified atom stereocenters. The van der Waals surface area contributed by atoms with Gasteiger partial charge in [0, 0.05) is 11.5 Å². The second kappa shape index (κ2) is 3.83. The van der Waals surface area contributed by atoms with E-state index in [-0.39, 0.29) is 4.90 Å². The Kier molecular flexibility index (Phi) is 2.40. The molecule has 3 aromatic rings. The zero-order valence-corrected chi connectivity index (χ0v) is 10.5. The summed E-state index contributed by atoms with van der Waals surface area (Å²) in [6.45, 7) is 0. The van der Waals surface area contributed by atoms with Crippen molar-refractivity contribution in [3.8, 4) is 5.13 Å². The third-order valence-electron chi connectivity index (χ3n) is 2.40. The lowest BCUT2D eigenvalue weighted by molar-refractivity contribution is 0.598. The molecule has 2 N–H and O–H groups in total. The molecule has 0 aliphatic carbocycles. The summed E-state index contributed by atoms with van der Waals surface area (Å²) in [4.78, 5) is 8.24. The van der Waals surface area contributed by atoms with E-state index in [1.54, 1.807) is 17.0 Å². The minimum Gasteiger partial charge on any atom is -0.273 e. The van der Waals surface area contributed by atoms with Gasteiger partial charge in [-0.15, -0.1) is 0 Å². The zero-order valence-electron chi connectivity index (χ0n) is 8.89. The van der Waals surface area contributed by atoms with Crippen molar-refractivity contribution in [1.82, 2.24) is 18.9 Å². The number of aromatic nitrogens is 4. The molecular formula is C9H7N5O2S2. The Labute approximate surface area is 106 Å². The molecule has 0 fully saturated rings. The first-order chi connectivity index (χ1) is 8.55. The first-order valence-corrected chi connectivity index (χ1v) is 7.14. The summed E-state index contributed by atoms with van der Waals surface area (Å²) in [7, 11) is -3.71. The first kappa shape index (κ1) is 11.3. The number of sulfonamides is 1. The monoisotopic (exact) mass is 281 g/mol. The summed E-state index contributed by atoms with van der Waals surface area (Å²) < 4.78 is 28.1. The maximum absolute atomic E-state index is 11.2. The van der Waals surface area contributed by atoms with Crippen LogP contribution in [0, 0.1) is 0 Å². The highest BCUT2D eigenvalue weighted by Crippen LogP contribution is 2.21. The molecule has 0 saturated carbocycles. The predicted octanol–water partition coefficient (Wildman–Crippen LogP) is 0.524. The van der Waals surface area contributed by atoms with Crippen LogP contribution in [0.5, 0.6) is 0 Å². The smallest absolute Gasteiger partial charge is 0.238 e. The number of nitrogens with zero attached hydrogens (tertiary/aromatic N) is 4. The topological polar surface area (TPSA) is 104 Å². The van der Waals surface area contributed by atoms with Crippen molar-refractivity contribution in [3.63, 3.8) is 0 Å². The molecule has 9 heteroatoms. The van der Waals surface area contributed by atoms with Crippen molar-refractivity contribution in [1.29, 1.82) is 0 Å². The highest BCUT2D eigenvalue weighted by molar-refractivity contribution is 7.89. The second-order valence-corrected chi connectivity index (χ2v) is 5.85. The number of hydrogen-bond donors (Lipinski definition) is 1. The molecular weight excluding hydrogens is 274 g/mol. The van der Waals surface area contributed by atoms with Crippen LogP contribution < -0.4 is 5.14 Å². The predicted molar refractivity (Wildman–Crippen MR) is 65.9 cm³/mol. The molecule has 7 nitrogen and oxygen atoms in total. The highest BCUT2D eigenvalue weighted by Gasteiger charge is 2.12. The maximum Gasteiger partial charge on any atom is 0.238 e. The van der Waals surface area contributed by atoms with E-state index in [2.05, 4.69) is 14.3 Å². The van der Waals surface area contributed by atoms with Gasteiger partial charge in [-0.25, -0.2) is 23.5 Å². The SMILES string of the molecule is NS(=O)(=O)c1ccc2c(c1)ncn2-c1ncns1. The fourth-order valence-electron chi connectivity index (χ4n) is 1.60. The molecule has 2 heterocycles. The van der Waals surface area contributed by atoms with Gasteiger partial charge in [-0.05, 0) is 18.2 Å². The van der Waals surface area contributed by atoms with Crippen molar-refractivity contribution in [2.45, 2.75) is 4.90 Å². The maximum atomic E-state index is 11.2. The van der Waals surface area contributed by atoms with E-state index in [1.807, 2.05) is 0 Å². The van der Waals surface area contributed by atoms with Gasteiger partial charge in [0.25, 0.3) is 0 Å². The Bertz CT molecular complexity index is 807. The Hall–Kier alpha value is -1.84. The van der Waals surface area contributed by atoms with E-state index in [0.29, 0.717) is 10.6 Å². The number of fused-ring (bicyclic) bond motifs is 1. The molecule has 0 amide bonds. The van der Waals surface area contributed by atoms with E-state index in [1.165, 1.54) is 30.0 Å². The van der Waals surface area contributed by atoms with Crippen LogP contribution >= 0.6 is 11.5 Å². The van der Waals surface area contributed by atoms with Crippen LogP contribution in [0.25, 0.3) is 16.2 Å². The van der Waals surface area contributed by atoms with Gasteiger partial charge >= 0.3 is 0 Å². The van der Waals surface area contributed by atoms with Crippen LogP contribution in [-0.2, 0) is 10.0 Å². The summed E-state index contributed by atoms with van der Waals surface area (Å²) in [5, 5.41) is 5.73. The average molecular weight is 281 g/mol. The van der Waals surface area contributed by atoms with Gasteiger partial charge in [0.2, 0.25) is 15.2 Å². The Balaban J connectivity index is 2.23. The quantitative estimate of drug-likeness (QED) is 0.737. The lowest BCUT2D eigenvalue weighted by atomic mass is 10.3.